The van der Waals surface area contributed by atoms with E-state index < -0.39 is 21.2 Å². The standard InChI is InChI=1S/C13H20O3S/c1-5-12(14)11(4)17(15,16)13-7-6-9(2)8-10(13)3/h6-8,11-12,14H,5H2,1-4H3. The average molecular weight is 256 g/mol. The van der Waals surface area contributed by atoms with Crippen LogP contribution in [0, 0.1) is 13.8 Å². The maximum Gasteiger partial charge on any atom is 0.183 e. The molecule has 96 valence electrons. The summed E-state index contributed by atoms with van der Waals surface area (Å²) in [5, 5.41) is 8.92. The van der Waals surface area contributed by atoms with Crippen LogP contribution in [0.4, 0.5) is 0 Å². The zero-order valence-electron chi connectivity index (χ0n) is 10.8. The molecule has 1 rings (SSSR count). The fourth-order valence-corrected chi connectivity index (χ4v) is 3.63. The van der Waals surface area contributed by atoms with Crippen molar-refractivity contribution in [2.75, 3.05) is 0 Å². The van der Waals surface area contributed by atoms with E-state index in [0.717, 1.165) is 11.1 Å². The van der Waals surface area contributed by atoms with Crippen molar-refractivity contribution >= 4 is 9.84 Å². The minimum Gasteiger partial charge on any atom is -0.392 e. The second-order valence-corrected chi connectivity index (χ2v) is 6.77. The van der Waals surface area contributed by atoms with E-state index in [1.807, 2.05) is 13.0 Å². The van der Waals surface area contributed by atoms with Crippen molar-refractivity contribution in [3.05, 3.63) is 29.3 Å². The maximum absolute atomic E-state index is 12.3. The van der Waals surface area contributed by atoms with E-state index in [-0.39, 0.29) is 0 Å². The molecule has 0 aliphatic heterocycles. The Morgan fingerprint density at radius 1 is 1.29 bits per heavy atom. The zero-order chi connectivity index (χ0) is 13.2. The van der Waals surface area contributed by atoms with Gasteiger partial charge in [-0.1, -0.05) is 24.6 Å². The number of hydrogen-bond donors (Lipinski definition) is 1. The van der Waals surface area contributed by atoms with Gasteiger partial charge < -0.3 is 5.11 Å². The molecule has 0 saturated carbocycles. The van der Waals surface area contributed by atoms with Crippen LogP contribution in [0.1, 0.15) is 31.4 Å². The summed E-state index contributed by atoms with van der Waals surface area (Å²) < 4.78 is 24.6. The molecule has 1 aromatic rings. The fourth-order valence-electron chi connectivity index (χ4n) is 1.86. The molecule has 0 saturated heterocycles. The molecule has 1 aromatic carbocycles. The smallest absolute Gasteiger partial charge is 0.183 e. The van der Waals surface area contributed by atoms with Crippen LogP contribution in [-0.4, -0.2) is 24.9 Å². The Bertz CT molecular complexity index is 491. The van der Waals surface area contributed by atoms with Crippen molar-refractivity contribution in [2.24, 2.45) is 0 Å². The molecule has 4 heteroatoms. The number of benzene rings is 1. The summed E-state index contributed by atoms with van der Waals surface area (Å²) in [5.41, 5.74) is 1.77. The van der Waals surface area contributed by atoms with Crippen LogP contribution in [-0.2, 0) is 9.84 Å². The van der Waals surface area contributed by atoms with Gasteiger partial charge in [0.2, 0.25) is 0 Å². The van der Waals surface area contributed by atoms with Crippen LogP contribution >= 0.6 is 0 Å². The summed E-state index contributed by atoms with van der Waals surface area (Å²) in [7, 11) is -3.45. The summed E-state index contributed by atoms with van der Waals surface area (Å²) in [4.78, 5) is 0.322. The quantitative estimate of drug-likeness (QED) is 0.899. The van der Waals surface area contributed by atoms with Gasteiger partial charge in [-0.25, -0.2) is 8.42 Å². The van der Waals surface area contributed by atoms with Gasteiger partial charge in [0, 0.05) is 0 Å². The largest absolute Gasteiger partial charge is 0.392 e. The van der Waals surface area contributed by atoms with Crippen LogP contribution in [0.3, 0.4) is 0 Å². The first-order chi connectivity index (χ1) is 7.80. The summed E-state index contributed by atoms with van der Waals surface area (Å²) in [5.74, 6) is 0. The van der Waals surface area contributed by atoms with Gasteiger partial charge in [-0.05, 0) is 38.8 Å². The molecule has 2 unspecified atom stereocenters. The first kappa shape index (κ1) is 14.2. The monoisotopic (exact) mass is 256 g/mol. The SMILES string of the molecule is CCC(O)C(C)S(=O)(=O)c1ccc(C)cc1C. The highest BCUT2D eigenvalue weighted by Crippen LogP contribution is 2.23. The Morgan fingerprint density at radius 3 is 2.35 bits per heavy atom. The Kier molecular flexibility index (Phi) is 4.33. The molecule has 0 fully saturated rings. The van der Waals surface area contributed by atoms with Crippen LogP contribution in [0.25, 0.3) is 0 Å². The summed E-state index contributed by atoms with van der Waals surface area (Å²) >= 11 is 0. The highest BCUT2D eigenvalue weighted by atomic mass is 32.2. The molecular weight excluding hydrogens is 236 g/mol. The Labute approximate surface area is 103 Å². The fraction of sp³-hybridized carbons (Fsp3) is 0.538. The van der Waals surface area contributed by atoms with Gasteiger partial charge in [0.05, 0.1) is 16.2 Å². The lowest BCUT2D eigenvalue weighted by molar-refractivity contribution is 0.168. The number of rotatable bonds is 4. The number of hydrogen-bond acceptors (Lipinski definition) is 3. The van der Waals surface area contributed by atoms with Gasteiger partial charge in [0.15, 0.2) is 9.84 Å². The summed E-state index contributed by atoms with van der Waals surface area (Å²) in [6.07, 6.45) is -0.383. The van der Waals surface area contributed by atoms with Gasteiger partial charge in [0.1, 0.15) is 0 Å². The van der Waals surface area contributed by atoms with Gasteiger partial charge in [-0.3, -0.25) is 0 Å². The van der Waals surface area contributed by atoms with Crippen molar-refractivity contribution in [3.8, 4) is 0 Å². The molecule has 0 aliphatic carbocycles. The first-order valence-corrected chi connectivity index (χ1v) is 7.34. The lowest BCUT2D eigenvalue weighted by Crippen LogP contribution is -2.31. The normalized spacial score (nSPS) is 15.6. The van der Waals surface area contributed by atoms with E-state index in [4.69, 9.17) is 0 Å². The molecule has 0 aliphatic rings. The Balaban J connectivity index is 3.22. The molecule has 2 atom stereocenters. The van der Waals surface area contributed by atoms with Crippen LogP contribution < -0.4 is 0 Å². The van der Waals surface area contributed by atoms with E-state index in [9.17, 15) is 13.5 Å². The summed E-state index contributed by atoms with van der Waals surface area (Å²) in [6, 6.07) is 5.25. The van der Waals surface area contributed by atoms with E-state index >= 15 is 0 Å². The van der Waals surface area contributed by atoms with Crippen LogP contribution in [0.15, 0.2) is 23.1 Å². The molecule has 0 radical (unpaired) electrons. The van der Waals surface area contributed by atoms with Crippen LogP contribution in [0.5, 0.6) is 0 Å². The van der Waals surface area contributed by atoms with Crippen molar-refractivity contribution in [1.29, 1.82) is 0 Å². The third-order valence-electron chi connectivity index (χ3n) is 3.09. The van der Waals surface area contributed by atoms with E-state index in [1.54, 1.807) is 32.9 Å². The molecule has 1 N–H and O–H groups in total. The van der Waals surface area contributed by atoms with Gasteiger partial charge in [-0.2, -0.15) is 0 Å². The third kappa shape index (κ3) is 2.87. The second kappa shape index (κ2) is 5.19. The minimum atomic E-state index is -3.45. The Morgan fingerprint density at radius 2 is 1.88 bits per heavy atom. The number of sulfone groups is 1. The van der Waals surface area contributed by atoms with Crippen molar-refractivity contribution in [3.63, 3.8) is 0 Å². The van der Waals surface area contributed by atoms with E-state index in [2.05, 4.69) is 0 Å². The first-order valence-electron chi connectivity index (χ1n) is 5.80. The molecule has 0 spiro atoms. The molecule has 3 nitrogen and oxygen atoms in total. The Hall–Kier alpha value is -0.870. The van der Waals surface area contributed by atoms with Gasteiger partial charge in [-0.15, -0.1) is 0 Å². The van der Waals surface area contributed by atoms with Crippen LogP contribution in [0.2, 0.25) is 0 Å². The highest BCUT2D eigenvalue weighted by molar-refractivity contribution is 7.92. The third-order valence-corrected chi connectivity index (χ3v) is 5.45. The van der Waals surface area contributed by atoms with Crippen molar-refractivity contribution < 1.29 is 13.5 Å². The number of aliphatic hydroxyl groups excluding tert-OH is 1. The van der Waals surface area contributed by atoms with E-state index in [1.165, 1.54) is 0 Å². The predicted octanol–water partition coefficient (Wildman–Crippen LogP) is 2.24. The summed E-state index contributed by atoms with van der Waals surface area (Å²) in [6.45, 7) is 7.04. The maximum atomic E-state index is 12.3. The molecule has 0 bridgehead atoms. The topological polar surface area (TPSA) is 54.4 Å². The zero-order valence-corrected chi connectivity index (χ0v) is 11.6. The molecule has 0 amide bonds. The lowest BCUT2D eigenvalue weighted by Gasteiger charge is -2.19. The van der Waals surface area contributed by atoms with Crippen molar-refractivity contribution in [2.45, 2.75) is 50.4 Å². The van der Waals surface area contributed by atoms with Crippen molar-refractivity contribution in [1.82, 2.24) is 0 Å². The second-order valence-electron chi connectivity index (χ2n) is 4.49. The molecular formula is C13H20O3S. The van der Waals surface area contributed by atoms with E-state index in [0.29, 0.717) is 11.3 Å². The van der Waals surface area contributed by atoms with Gasteiger partial charge in [0.25, 0.3) is 0 Å². The van der Waals surface area contributed by atoms with Gasteiger partial charge >= 0.3 is 0 Å². The molecule has 0 aromatic heterocycles. The predicted molar refractivity (Wildman–Crippen MR) is 68.9 cm³/mol. The molecule has 17 heavy (non-hydrogen) atoms. The highest BCUT2D eigenvalue weighted by Gasteiger charge is 2.29. The minimum absolute atomic E-state index is 0.322. The lowest BCUT2D eigenvalue weighted by atomic mass is 10.2. The number of aliphatic hydroxyl groups is 1. The number of aryl methyl sites for hydroxylation is 2. The average Bonchev–Trinajstić information content (AvgIpc) is 2.26. The molecule has 0 heterocycles.